The zero-order valence-corrected chi connectivity index (χ0v) is 12.8. The van der Waals surface area contributed by atoms with E-state index in [9.17, 15) is 4.79 Å². The lowest BCUT2D eigenvalue weighted by atomic mass is 10.1. The van der Waals surface area contributed by atoms with Gasteiger partial charge in [-0.1, -0.05) is 19.1 Å². The van der Waals surface area contributed by atoms with Crippen molar-refractivity contribution in [2.24, 2.45) is 0 Å². The highest BCUT2D eigenvalue weighted by Gasteiger charge is 2.12. The molecule has 0 aliphatic heterocycles. The minimum atomic E-state index is -0.0293. The molecule has 1 heterocycles. The number of ether oxygens (including phenoxy) is 1. The lowest BCUT2D eigenvalue weighted by Crippen LogP contribution is -2.26. The second kappa shape index (κ2) is 6.57. The number of thiophene rings is 1. The number of benzene rings is 1. The minimum Gasteiger partial charge on any atom is -0.497 e. The van der Waals surface area contributed by atoms with Crippen LogP contribution in [0.4, 0.5) is 0 Å². The van der Waals surface area contributed by atoms with Crippen LogP contribution >= 0.6 is 11.3 Å². The van der Waals surface area contributed by atoms with Crippen LogP contribution in [-0.2, 0) is 6.42 Å². The highest BCUT2D eigenvalue weighted by atomic mass is 32.1. The molecule has 0 aliphatic carbocycles. The van der Waals surface area contributed by atoms with Gasteiger partial charge in [-0.05, 0) is 37.1 Å². The maximum absolute atomic E-state index is 12.2. The minimum absolute atomic E-state index is 0.0238. The van der Waals surface area contributed by atoms with Crippen molar-refractivity contribution in [3.05, 3.63) is 51.7 Å². The third-order valence-electron chi connectivity index (χ3n) is 3.23. The van der Waals surface area contributed by atoms with Crippen LogP contribution in [0, 0.1) is 0 Å². The molecular formula is C16H19NO2S. The maximum atomic E-state index is 12.2. The topological polar surface area (TPSA) is 38.3 Å². The SMILES string of the molecule is CCc1cc(C(=O)N[C@@H](C)c2ccc(OC)cc2)cs1. The molecular weight excluding hydrogens is 270 g/mol. The summed E-state index contributed by atoms with van der Waals surface area (Å²) in [7, 11) is 1.64. The second-order valence-corrected chi connectivity index (χ2v) is 5.62. The van der Waals surface area contributed by atoms with Gasteiger partial charge in [-0.15, -0.1) is 11.3 Å². The van der Waals surface area contributed by atoms with Gasteiger partial charge in [-0.2, -0.15) is 0 Å². The largest absolute Gasteiger partial charge is 0.497 e. The second-order valence-electron chi connectivity index (χ2n) is 4.62. The smallest absolute Gasteiger partial charge is 0.252 e. The number of amides is 1. The highest BCUT2D eigenvalue weighted by molar-refractivity contribution is 7.10. The van der Waals surface area contributed by atoms with Gasteiger partial charge >= 0.3 is 0 Å². The number of carbonyl (C=O) groups is 1. The Bertz CT molecular complexity index is 574. The number of nitrogens with one attached hydrogen (secondary N) is 1. The van der Waals surface area contributed by atoms with Crippen molar-refractivity contribution in [3.63, 3.8) is 0 Å². The third-order valence-corrected chi connectivity index (χ3v) is 4.31. The molecule has 1 atom stereocenters. The first-order chi connectivity index (χ1) is 9.63. The number of methoxy groups -OCH3 is 1. The van der Waals surface area contributed by atoms with E-state index in [4.69, 9.17) is 4.74 Å². The normalized spacial score (nSPS) is 11.9. The maximum Gasteiger partial charge on any atom is 0.252 e. The summed E-state index contributed by atoms with van der Waals surface area (Å²) in [5.41, 5.74) is 1.80. The van der Waals surface area contributed by atoms with Gasteiger partial charge in [0.15, 0.2) is 0 Å². The van der Waals surface area contributed by atoms with Gasteiger partial charge < -0.3 is 10.1 Å². The standard InChI is InChI=1S/C16H19NO2S/c1-4-15-9-13(10-20-15)16(18)17-11(2)12-5-7-14(19-3)8-6-12/h5-11H,4H2,1-3H3,(H,17,18)/t11-/m0/s1. The number of aryl methyl sites for hydroxylation is 1. The van der Waals surface area contributed by atoms with Crippen molar-refractivity contribution in [2.45, 2.75) is 26.3 Å². The molecule has 106 valence electrons. The van der Waals surface area contributed by atoms with Crippen LogP contribution < -0.4 is 10.1 Å². The summed E-state index contributed by atoms with van der Waals surface area (Å²) in [6.07, 6.45) is 0.964. The molecule has 1 aromatic carbocycles. The molecule has 20 heavy (non-hydrogen) atoms. The Morgan fingerprint density at radius 2 is 2.05 bits per heavy atom. The molecule has 3 nitrogen and oxygen atoms in total. The number of hydrogen-bond donors (Lipinski definition) is 1. The quantitative estimate of drug-likeness (QED) is 0.909. The van der Waals surface area contributed by atoms with E-state index in [1.165, 1.54) is 4.88 Å². The van der Waals surface area contributed by atoms with Crippen molar-refractivity contribution in [2.75, 3.05) is 7.11 Å². The van der Waals surface area contributed by atoms with Crippen LogP contribution in [0.5, 0.6) is 5.75 Å². The van der Waals surface area contributed by atoms with Crippen LogP contribution in [0.25, 0.3) is 0 Å². The zero-order valence-electron chi connectivity index (χ0n) is 12.0. The van der Waals surface area contributed by atoms with Crippen LogP contribution in [0.15, 0.2) is 35.7 Å². The molecule has 1 aromatic heterocycles. The summed E-state index contributed by atoms with van der Waals surface area (Å²) in [5.74, 6) is 0.793. The van der Waals surface area contributed by atoms with Crippen molar-refractivity contribution < 1.29 is 9.53 Å². The van der Waals surface area contributed by atoms with Gasteiger partial charge in [0, 0.05) is 10.3 Å². The molecule has 0 radical (unpaired) electrons. The number of hydrogen-bond acceptors (Lipinski definition) is 3. The van der Waals surface area contributed by atoms with Crippen LogP contribution in [0.2, 0.25) is 0 Å². The fourth-order valence-electron chi connectivity index (χ4n) is 1.94. The summed E-state index contributed by atoms with van der Waals surface area (Å²) in [6.45, 7) is 4.07. The predicted octanol–water partition coefficient (Wildman–Crippen LogP) is 3.81. The fraction of sp³-hybridized carbons (Fsp3) is 0.312. The first-order valence-corrected chi connectivity index (χ1v) is 7.54. The lowest BCUT2D eigenvalue weighted by molar-refractivity contribution is 0.0940. The summed E-state index contributed by atoms with van der Waals surface area (Å²) in [5, 5.41) is 4.93. The van der Waals surface area contributed by atoms with Crippen LogP contribution in [-0.4, -0.2) is 13.0 Å². The number of rotatable bonds is 5. The van der Waals surface area contributed by atoms with Crippen molar-refractivity contribution in [3.8, 4) is 5.75 Å². The Morgan fingerprint density at radius 3 is 2.60 bits per heavy atom. The number of carbonyl (C=O) groups excluding carboxylic acids is 1. The molecule has 4 heteroatoms. The average molecular weight is 289 g/mol. The molecule has 1 N–H and O–H groups in total. The van der Waals surface area contributed by atoms with Gasteiger partial charge in [-0.25, -0.2) is 0 Å². The summed E-state index contributed by atoms with van der Waals surface area (Å²) >= 11 is 1.63. The lowest BCUT2D eigenvalue weighted by Gasteiger charge is -2.14. The Kier molecular flexibility index (Phi) is 4.79. The predicted molar refractivity (Wildman–Crippen MR) is 82.6 cm³/mol. The van der Waals surface area contributed by atoms with Crippen molar-refractivity contribution in [1.29, 1.82) is 0 Å². The highest BCUT2D eigenvalue weighted by Crippen LogP contribution is 2.19. The molecule has 0 fully saturated rings. The van der Waals surface area contributed by atoms with Gasteiger partial charge in [0.2, 0.25) is 0 Å². The molecule has 0 spiro atoms. The summed E-state index contributed by atoms with van der Waals surface area (Å²) < 4.78 is 5.13. The van der Waals surface area contributed by atoms with Crippen molar-refractivity contribution in [1.82, 2.24) is 5.32 Å². The van der Waals surface area contributed by atoms with E-state index < -0.39 is 0 Å². The van der Waals surface area contributed by atoms with E-state index in [0.29, 0.717) is 0 Å². The van der Waals surface area contributed by atoms with E-state index in [-0.39, 0.29) is 11.9 Å². The molecule has 0 aliphatic rings. The Labute approximate surface area is 123 Å². The molecule has 0 saturated carbocycles. The third kappa shape index (κ3) is 3.39. The molecule has 2 aromatic rings. The van der Waals surface area contributed by atoms with E-state index in [1.807, 2.05) is 42.6 Å². The van der Waals surface area contributed by atoms with E-state index in [2.05, 4.69) is 12.2 Å². The molecule has 0 bridgehead atoms. The molecule has 0 saturated heterocycles. The molecule has 2 rings (SSSR count). The van der Waals surface area contributed by atoms with E-state index in [1.54, 1.807) is 18.4 Å². The van der Waals surface area contributed by atoms with E-state index in [0.717, 1.165) is 23.3 Å². The first kappa shape index (κ1) is 14.6. The summed E-state index contributed by atoms with van der Waals surface area (Å²) in [4.78, 5) is 13.4. The fourth-order valence-corrected chi connectivity index (χ4v) is 2.76. The van der Waals surface area contributed by atoms with Gasteiger partial charge in [0.05, 0.1) is 18.7 Å². The van der Waals surface area contributed by atoms with Crippen LogP contribution in [0.1, 0.15) is 40.7 Å². The molecule has 1 amide bonds. The van der Waals surface area contributed by atoms with Crippen molar-refractivity contribution >= 4 is 17.2 Å². The Morgan fingerprint density at radius 1 is 1.35 bits per heavy atom. The molecule has 0 unspecified atom stereocenters. The van der Waals surface area contributed by atoms with Gasteiger partial charge in [0.1, 0.15) is 5.75 Å². The van der Waals surface area contributed by atoms with Gasteiger partial charge in [-0.3, -0.25) is 4.79 Å². The van der Waals surface area contributed by atoms with E-state index >= 15 is 0 Å². The first-order valence-electron chi connectivity index (χ1n) is 6.66. The Balaban J connectivity index is 2.02. The zero-order chi connectivity index (χ0) is 14.5. The summed E-state index contributed by atoms with van der Waals surface area (Å²) in [6, 6.07) is 9.67. The van der Waals surface area contributed by atoms with Gasteiger partial charge in [0.25, 0.3) is 5.91 Å². The van der Waals surface area contributed by atoms with Crippen LogP contribution in [0.3, 0.4) is 0 Å². The Hall–Kier alpha value is -1.81. The average Bonchev–Trinajstić information content (AvgIpc) is 2.96. The monoisotopic (exact) mass is 289 g/mol.